The van der Waals surface area contributed by atoms with Gasteiger partial charge in [0, 0.05) is 17.3 Å². The van der Waals surface area contributed by atoms with Gasteiger partial charge >= 0.3 is 0 Å². The van der Waals surface area contributed by atoms with Crippen LogP contribution >= 0.6 is 0 Å². The molecule has 1 saturated heterocycles. The largest absolute Gasteiger partial charge is 0.356 e. The van der Waals surface area contributed by atoms with Gasteiger partial charge < -0.3 is 10.2 Å². The van der Waals surface area contributed by atoms with E-state index in [0.29, 0.717) is 0 Å². The summed E-state index contributed by atoms with van der Waals surface area (Å²) in [6.07, 6.45) is 1.62. The molecule has 0 aliphatic carbocycles. The fraction of sp³-hybridized carbons (Fsp3) is 0.458. The van der Waals surface area contributed by atoms with Crippen molar-refractivity contribution in [2.45, 2.75) is 45.6 Å². The third-order valence-electron chi connectivity index (χ3n) is 5.65. The second-order valence-electron chi connectivity index (χ2n) is 9.12. The fourth-order valence-corrected chi connectivity index (χ4v) is 3.63. The lowest BCUT2D eigenvalue weighted by molar-refractivity contribution is -0.174. The van der Waals surface area contributed by atoms with Crippen molar-refractivity contribution in [1.82, 2.24) is 9.96 Å². The number of hydrogen-bond acceptors (Lipinski definition) is 4. The molecule has 1 aliphatic heterocycles. The van der Waals surface area contributed by atoms with Gasteiger partial charge in [-0.25, -0.2) is 5.06 Å². The molecule has 3 rings (SSSR count). The highest BCUT2D eigenvalue weighted by molar-refractivity contribution is 5.77. The number of benzene rings is 2. The maximum atomic E-state index is 12.5. The van der Waals surface area contributed by atoms with E-state index in [1.54, 1.807) is 0 Å². The molecule has 1 fully saturated rings. The zero-order valence-corrected chi connectivity index (χ0v) is 18.0. The van der Waals surface area contributed by atoms with Gasteiger partial charge in [-0.3, -0.25) is 10.0 Å². The molecule has 2 aromatic rings. The Morgan fingerprint density at radius 3 is 2.07 bits per heavy atom. The number of carbonyl (C=O) groups is 1. The van der Waals surface area contributed by atoms with E-state index in [1.807, 2.05) is 24.3 Å². The fourth-order valence-electron chi connectivity index (χ4n) is 3.63. The normalized spacial score (nSPS) is 15.9. The SMILES string of the molecule is CN1CCC(C(=O)N(O)Cc2ccc(Nc3ccc(C(C)(C)C)cc3)cc2)CC1. The predicted octanol–water partition coefficient (Wildman–Crippen LogP) is 4.79. The lowest BCUT2D eigenvalue weighted by Gasteiger charge is -2.30. The number of amides is 1. The van der Waals surface area contributed by atoms with E-state index in [9.17, 15) is 10.0 Å². The molecule has 1 heterocycles. The van der Waals surface area contributed by atoms with Crippen molar-refractivity contribution in [1.29, 1.82) is 0 Å². The first-order valence-electron chi connectivity index (χ1n) is 10.4. The van der Waals surface area contributed by atoms with Gasteiger partial charge in [-0.1, -0.05) is 45.0 Å². The molecule has 156 valence electrons. The van der Waals surface area contributed by atoms with Gasteiger partial charge in [-0.15, -0.1) is 0 Å². The lowest BCUT2D eigenvalue weighted by atomic mass is 9.87. The van der Waals surface area contributed by atoms with Crippen molar-refractivity contribution in [2.75, 3.05) is 25.5 Å². The summed E-state index contributed by atoms with van der Waals surface area (Å²) < 4.78 is 0. The van der Waals surface area contributed by atoms with Crippen LogP contribution in [0.1, 0.15) is 44.7 Å². The highest BCUT2D eigenvalue weighted by Crippen LogP contribution is 2.25. The number of hydroxylamine groups is 2. The average molecular weight is 396 g/mol. The highest BCUT2D eigenvalue weighted by atomic mass is 16.5. The minimum absolute atomic E-state index is 0.0757. The van der Waals surface area contributed by atoms with E-state index in [2.05, 4.69) is 62.3 Å². The molecule has 5 nitrogen and oxygen atoms in total. The summed E-state index contributed by atoms with van der Waals surface area (Å²) in [5, 5.41) is 14.5. The molecule has 2 N–H and O–H groups in total. The molecule has 0 spiro atoms. The van der Waals surface area contributed by atoms with Crippen LogP contribution in [0.3, 0.4) is 0 Å². The Kier molecular flexibility index (Phi) is 6.60. The molecule has 0 atom stereocenters. The molecule has 0 bridgehead atoms. The maximum Gasteiger partial charge on any atom is 0.249 e. The Balaban J connectivity index is 1.55. The number of carbonyl (C=O) groups excluding carboxylic acids is 1. The first-order chi connectivity index (χ1) is 13.7. The Hall–Kier alpha value is -2.37. The number of nitrogens with one attached hydrogen (secondary N) is 1. The molecule has 1 aliphatic rings. The summed E-state index contributed by atoms with van der Waals surface area (Å²) in [6, 6.07) is 16.3. The number of rotatable bonds is 5. The quantitative estimate of drug-likeness (QED) is 0.565. The van der Waals surface area contributed by atoms with Crippen LogP contribution in [-0.4, -0.2) is 41.2 Å². The zero-order valence-electron chi connectivity index (χ0n) is 18.0. The molecule has 5 heteroatoms. The summed E-state index contributed by atoms with van der Waals surface area (Å²) >= 11 is 0. The molecule has 0 aromatic heterocycles. The molecule has 0 unspecified atom stereocenters. The molecular weight excluding hydrogens is 362 g/mol. The molecule has 2 aromatic carbocycles. The van der Waals surface area contributed by atoms with Crippen LogP contribution < -0.4 is 5.32 Å². The zero-order chi connectivity index (χ0) is 21.0. The summed E-state index contributed by atoms with van der Waals surface area (Å²) in [6.45, 7) is 8.64. The lowest BCUT2D eigenvalue weighted by Crippen LogP contribution is -2.39. The second-order valence-corrected chi connectivity index (χ2v) is 9.12. The van der Waals surface area contributed by atoms with Gasteiger partial charge in [-0.05, 0) is 73.8 Å². The molecular formula is C24H33N3O2. The first-order valence-corrected chi connectivity index (χ1v) is 10.4. The highest BCUT2D eigenvalue weighted by Gasteiger charge is 2.27. The topological polar surface area (TPSA) is 55.8 Å². The Bertz CT molecular complexity index is 802. The van der Waals surface area contributed by atoms with Gasteiger partial charge in [0.2, 0.25) is 5.91 Å². The van der Waals surface area contributed by atoms with E-state index in [1.165, 1.54) is 5.56 Å². The number of nitrogens with zero attached hydrogens (tertiary/aromatic N) is 2. The monoisotopic (exact) mass is 395 g/mol. The number of likely N-dealkylation sites (tertiary alicyclic amines) is 1. The van der Waals surface area contributed by atoms with Gasteiger partial charge in [0.15, 0.2) is 0 Å². The first kappa shape index (κ1) is 21.3. The smallest absolute Gasteiger partial charge is 0.249 e. The number of piperidine rings is 1. The summed E-state index contributed by atoms with van der Waals surface area (Å²) in [5.41, 5.74) is 4.36. The van der Waals surface area contributed by atoms with Crippen molar-refractivity contribution in [3.63, 3.8) is 0 Å². The van der Waals surface area contributed by atoms with E-state index in [0.717, 1.165) is 47.9 Å². The Morgan fingerprint density at radius 1 is 1.03 bits per heavy atom. The van der Waals surface area contributed by atoms with Crippen LogP contribution in [0.25, 0.3) is 0 Å². The van der Waals surface area contributed by atoms with Gasteiger partial charge in [-0.2, -0.15) is 0 Å². The van der Waals surface area contributed by atoms with Gasteiger partial charge in [0.25, 0.3) is 0 Å². The van der Waals surface area contributed by atoms with Crippen LogP contribution in [0, 0.1) is 5.92 Å². The number of hydrogen-bond donors (Lipinski definition) is 2. The summed E-state index contributed by atoms with van der Waals surface area (Å²) in [7, 11) is 2.06. The standard InChI is InChI=1S/C24H33N3O2/c1-24(2,3)20-7-11-22(12-8-20)25-21-9-5-18(6-10-21)17-27(29)23(28)19-13-15-26(4)16-14-19/h5-12,19,25,29H,13-17H2,1-4H3. The predicted molar refractivity (Wildman–Crippen MR) is 117 cm³/mol. The van der Waals surface area contributed by atoms with Gasteiger partial charge in [0.1, 0.15) is 0 Å². The molecule has 0 saturated carbocycles. The molecule has 1 amide bonds. The minimum atomic E-state index is -0.167. The van der Waals surface area contributed by atoms with Crippen LogP contribution in [0.15, 0.2) is 48.5 Å². The summed E-state index contributed by atoms with van der Waals surface area (Å²) in [4.78, 5) is 14.7. The summed E-state index contributed by atoms with van der Waals surface area (Å²) in [5.74, 6) is -0.243. The van der Waals surface area contributed by atoms with Crippen LogP contribution in [0.2, 0.25) is 0 Å². The van der Waals surface area contributed by atoms with Crippen LogP contribution in [0.5, 0.6) is 0 Å². The van der Waals surface area contributed by atoms with Crippen molar-refractivity contribution >= 4 is 17.3 Å². The minimum Gasteiger partial charge on any atom is -0.356 e. The van der Waals surface area contributed by atoms with Crippen molar-refractivity contribution < 1.29 is 10.0 Å². The third-order valence-corrected chi connectivity index (χ3v) is 5.65. The van der Waals surface area contributed by atoms with Crippen molar-refractivity contribution in [2.24, 2.45) is 5.92 Å². The molecule has 29 heavy (non-hydrogen) atoms. The van der Waals surface area contributed by atoms with E-state index < -0.39 is 0 Å². The van der Waals surface area contributed by atoms with E-state index in [4.69, 9.17) is 0 Å². The van der Waals surface area contributed by atoms with Crippen molar-refractivity contribution in [3.05, 3.63) is 59.7 Å². The van der Waals surface area contributed by atoms with E-state index in [-0.39, 0.29) is 23.8 Å². The maximum absolute atomic E-state index is 12.5. The second kappa shape index (κ2) is 8.97. The third kappa shape index (κ3) is 5.81. The Morgan fingerprint density at radius 2 is 1.55 bits per heavy atom. The van der Waals surface area contributed by atoms with Gasteiger partial charge in [0.05, 0.1) is 6.54 Å². The Labute approximate surface area is 174 Å². The van der Waals surface area contributed by atoms with Crippen LogP contribution in [0.4, 0.5) is 11.4 Å². The van der Waals surface area contributed by atoms with Crippen LogP contribution in [-0.2, 0) is 16.8 Å². The number of anilines is 2. The average Bonchev–Trinajstić information content (AvgIpc) is 2.69. The van der Waals surface area contributed by atoms with Crippen molar-refractivity contribution in [3.8, 4) is 0 Å². The van der Waals surface area contributed by atoms with E-state index >= 15 is 0 Å². The molecule has 0 radical (unpaired) electrons.